The van der Waals surface area contributed by atoms with E-state index in [1.54, 1.807) is 0 Å². The third-order valence-electron chi connectivity index (χ3n) is 10.2. The summed E-state index contributed by atoms with van der Waals surface area (Å²) in [5.41, 5.74) is 0.251. The summed E-state index contributed by atoms with van der Waals surface area (Å²) in [6.07, 6.45) is 12.8. The van der Waals surface area contributed by atoms with Crippen molar-refractivity contribution in [2.24, 2.45) is 46.3 Å². The number of fused-ring (bicyclic) bond motifs is 5. The van der Waals surface area contributed by atoms with Gasteiger partial charge in [0.15, 0.2) is 0 Å². The summed E-state index contributed by atoms with van der Waals surface area (Å²) in [4.78, 5) is 25.3. The van der Waals surface area contributed by atoms with Crippen molar-refractivity contribution in [1.82, 2.24) is 0 Å². The molecular weight excluding hydrogens is 348 g/mol. The monoisotopic (exact) mass is 388 g/mol. The number of hydrogen-bond acceptors (Lipinski definition) is 3. The SMILES string of the molecule is COC(=O)CC[C@@H](C)C1CCC2C3CCC4CCCCC4(C)C3CC(=O)C21C. The number of rotatable bonds is 4. The highest BCUT2D eigenvalue weighted by atomic mass is 16.5. The number of carbonyl (C=O) groups excluding carboxylic acids is 2. The highest BCUT2D eigenvalue weighted by Crippen LogP contribution is 2.67. The lowest BCUT2D eigenvalue weighted by Crippen LogP contribution is -2.56. The Bertz CT molecular complexity index is 627. The summed E-state index contributed by atoms with van der Waals surface area (Å²) in [5, 5.41) is 0. The number of hydrogen-bond donors (Lipinski definition) is 0. The van der Waals surface area contributed by atoms with Gasteiger partial charge in [0.1, 0.15) is 5.78 Å². The molecular formula is C25H40O3. The minimum Gasteiger partial charge on any atom is -0.469 e. The number of Topliss-reactive ketones (excluding diaryl/α,β-unsaturated/α-hetero) is 1. The summed E-state index contributed by atoms with van der Waals surface area (Å²) >= 11 is 0. The molecule has 8 atom stereocenters. The lowest BCUT2D eigenvalue weighted by molar-refractivity contribution is -0.157. The van der Waals surface area contributed by atoms with Crippen molar-refractivity contribution in [2.45, 2.75) is 91.4 Å². The largest absolute Gasteiger partial charge is 0.469 e. The molecule has 0 aromatic heterocycles. The van der Waals surface area contributed by atoms with Gasteiger partial charge in [-0.3, -0.25) is 9.59 Å². The van der Waals surface area contributed by atoms with Crippen molar-refractivity contribution in [3.8, 4) is 0 Å². The minimum atomic E-state index is -0.158. The molecule has 7 unspecified atom stereocenters. The van der Waals surface area contributed by atoms with Gasteiger partial charge in [-0.1, -0.05) is 33.6 Å². The maximum Gasteiger partial charge on any atom is 0.305 e. The average molecular weight is 389 g/mol. The third-order valence-corrected chi connectivity index (χ3v) is 10.2. The number of ketones is 1. The molecule has 0 heterocycles. The molecule has 28 heavy (non-hydrogen) atoms. The molecule has 0 aliphatic heterocycles. The van der Waals surface area contributed by atoms with Crippen molar-refractivity contribution in [3.05, 3.63) is 0 Å². The molecule has 4 fully saturated rings. The van der Waals surface area contributed by atoms with Gasteiger partial charge in [-0.15, -0.1) is 0 Å². The van der Waals surface area contributed by atoms with E-state index in [-0.39, 0.29) is 11.4 Å². The number of methoxy groups -OCH3 is 1. The Hall–Kier alpha value is -0.860. The first kappa shape index (κ1) is 20.4. The Morgan fingerprint density at radius 1 is 1.11 bits per heavy atom. The van der Waals surface area contributed by atoms with Gasteiger partial charge >= 0.3 is 5.97 Å². The van der Waals surface area contributed by atoms with Crippen LogP contribution in [0.4, 0.5) is 0 Å². The third kappa shape index (κ3) is 2.98. The van der Waals surface area contributed by atoms with Gasteiger partial charge in [-0.2, -0.15) is 0 Å². The molecule has 0 saturated heterocycles. The molecule has 0 spiro atoms. The van der Waals surface area contributed by atoms with Gasteiger partial charge in [0.2, 0.25) is 0 Å². The van der Waals surface area contributed by atoms with Gasteiger partial charge in [-0.25, -0.2) is 0 Å². The van der Waals surface area contributed by atoms with E-state index in [9.17, 15) is 9.59 Å². The number of esters is 1. The van der Waals surface area contributed by atoms with E-state index in [0.29, 0.717) is 41.3 Å². The standard InChI is InChI=1S/C25H40O3/c1-16(8-13-23(27)28-4)19-11-12-20-18-10-9-17-7-5-6-14-24(17,2)21(18)15-22(26)25(19,20)3/h16-21H,5-15H2,1-4H3/t16-,17?,18?,19?,20?,21?,24?,25?/m1/s1. The molecule has 0 bridgehead atoms. The molecule has 158 valence electrons. The second kappa shape index (κ2) is 7.43. The molecule has 3 heteroatoms. The van der Waals surface area contributed by atoms with Crippen LogP contribution in [0.1, 0.15) is 91.4 Å². The molecule has 3 nitrogen and oxygen atoms in total. The predicted octanol–water partition coefficient (Wildman–Crippen LogP) is 5.80. The normalized spacial score (nSPS) is 46.3. The zero-order chi connectivity index (χ0) is 20.1. The Morgan fingerprint density at radius 2 is 1.89 bits per heavy atom. The van der Waals surface area contributed by atoms with E-state index in [0.717, 1.165) is 24.7 Å². The lowest BCUT2D eigenvalue weighted by atomic mass is 9.44. The van der Waals surface area contributed by atoms with Gasteiger partial charge in [0.25, 0.3) is 0 Å². The fraction of sp³-hybridized carbons (Fsp3) is 0.920. The van der Waals surface area contributed by atoms with Crippen LogP contribution < -0.4 is 0 Å². The van der Waals surface area contributed by atoms with E-state index in [4.69, 9.17) is 4.74 Å². The fourth-order valence-corrected chi connectivity index (χ4v) is 8.59. The Balaban J connectivity index is 1.55. The van der Waals surface area contributed by atoms with Crippen LogP contribution in [-0.4, -0.2) is 18.9 Å². The second-order valence-electron chi connectivity index (χ2n) is 11.1. The topological polar surface area (TPSA) is 43.4 Å². The molecule has 0 aromatic rings. The van der Waals surface area contributed by atoms with E-state index in [1.807, 2.05) is 0 Å². The number of carbonyl (C=O) groups is 2. The minimum absolute atomic E-state index is 0.120. The molecule has 0 aromatic carbocycles. The average Bonchev–Trinajstić information content (AvgIpc) is 3.05. The maximum atomic E-state index is 13.7. The van der Waals surface area contributed by atoms with E-state index in [1.165, 1.54) is 58.5 Å². The van der Waals surface area contributed by atoms with Crippen LogP contribution in [-0.2, 0) is 14.3 Å². The molecule has 4 rings (SSSR count). The second-order valence-corrected chi connectivity index (χ2v) is 11.1. The zero-order valence-electron chi connectivity index (χ0n) is 18.5. The Morgan fingerprint density at radius 3 is 2.64 bits per heavy atom. The highest BCUT2D eigenvalue weighted by Gasteiger charge is 2.63. The first-order valence-electron chi connectivity index (χ1n) is 11.9. The number of ether oxygens (including phenoxy) is 1. The maximum absolute atomic E-state index is 13.7. The summed E-state index contributed by atoms with van der Waals surface area (Å²) in [5.74, 6) is 4.09. The van der Waals surface area contributed by atoms with Crippen molar-refractivity contribution in [3.63, 3.8) is 0 Å². The van der Waals surface area contributed by atoms with Gasteiger partial charge in [0.05, 0.1) is 7.11 Å². The van der Waals surface area contributed by atoms with Crippen LogP contribution in [0.15, 0.2) is 0 Å². The van der Waals surface area contributed by atoms with E-state index in [2.05, 4.69) is 20.8 Å². The quantitative estimate of drug-likeness (QED) is 0.571. The van der Waals surface area contributed by atoms with Crippen molar-refractivity contribution < 1.29 is 14.3 Å². The summed E-state index contributed by atoms with van der Waals surface area (Å²) in [7, 11) is 1.47. The highest BCUT2D eigenvalue weighted by molar-refractivity contribution is 5.87. The Labute approximate surface area is 171 Å². The molecule has 0 amide bonds. The first-order chi connectivity index (χ1) is 13.3. The smallest absolute Gasteiger partial charge is 0.305 e. The van der Waals surface area contributed by atoms with Crippen LogP contribution in [0.5, 0.6) is 0 Å². The Kier molecular flexibility index (Phi) is 5.42. The van der Waals surface area contributed by atoms with E-state index < -0.39 is 0 Å². The summed E-state index contributed by atoms with van der Waals surface area (Å²) < 4.78 is 4.84. The van der Waals surface area contributed by atoms with Gasteiger partial charge in [-0.05, 0) is 85.9 Å². The van der Waals surface area contributed by atoms with Crippen LogP contribution in [0.25, 0.3) is 0 Å². The van der Waals surface area contributed by atoms with Crippen LogP contribution in [0.3, 0.4) is 0 Å². The van der Waals surface area contributed by atoms with Crippen LogP contribution in [0, 0.1) is 46.3 Å². The molecule has 0 N–H and O–H groups in total. The first-order valence-corrected chi connectivity index (χ1v) is 11.9. The van der Waals surface area contributed by atoms with Crippen LogP contribution >= 0.6 is 0 Å². The van der Waals surface area contributed by atoms with Crippen molar-refractivity contribution in [2.75, 3.05) is 7.11 Å². The van der Waals surface area contributed by atoms with E-state index >= 15 is 0 Å². The molecule has 4 aliphatic rings. The van der Waals surface area contributed by atoms with Gasteiger partial charge < -0.3 is 4.74 Å². The van der Waals surface area contributed by atoms with Gasteiger partial charge in [0, 0.05) is 18.3 Å². The van der Waals surface area contributed by atoms with Crippen LogP contribution in [0.2, 0.25) is 0 Å². The lowest BCUT2D eigenvalue weighted by Gasteiger charge is -2.60. The summed E-state index contributed by atoms with van der Waals surface area (Å²) in [6.45, 7) is 7.10. The summed E-state index contributed by atoms with van der Waals surface area (Å²) in [6, 6.07) is 0. The fourth-order valence-electron chi connectivity index (χ4n) is 8.59. The molecule has 0 radical (unpaired) electrons. The predicted molar refractivity (Wildman–Crippen MR) is 111 cm³/mol. The van der Waals surface area contributed by atoms with Crippen molar-refractivity contribution >= 4 is 11.8 Å². The molecule has 4 saturated carbocycles. The van der Waals surface area contributed by atoms with Crippen molar-refractivity contribution in [1.29, 1.82) is 0 Å². The molecule has 4 aliphatic carbocycles. The zero-order valence-corrected chi connectivity index (χ0v) is 18.5.